The summed E-state index contributed by atoms with van der Waals surface area (Å²) in [5.74, 6) is -2.63. The highest BCUT2D eigenvalue weighted by atomic mass is 19.1. The minimum absolute atomic E-state index is 0.0304. The number of nitrogens with zero attached hydrogens (tertiary/aromatic N) is 1. The van der Waals surface area contributed by atoms with E-state index in [1.807, 2.05) is 0 Å². The van der Waals surface area contributed by atoms with Crippen molar-refractivity contribution in [3.63, 3.8) is 0 Å². The summed E-state index contributed by atoms with van der Waals surface area (Å²) in [6, 6.07) is 2.88. The van der Waals surface area contributed by atoms with Crippen LogP contribution in [0, 0.1) is 5.82 Å². The zero-order valence-corrected chi connectivity index (χ0v) is 10.8. The van der Waals surface area contributed by atoms with Crippen molar-refractivity contribution in [3.8, 4) is 5.75 Å². The number of aromatic hydroxyl groups is 1. The SMILES string of the molecule is CC(C)N(CCC(=O)O)C(=O)c1ccc(F)cc1O. The molecule has 0 bridgehead atoms. The third kappa shape index (κ3) is 3.94. The van der Waals surface area contributed by atoms with Crippen LogP contribution in [0.15, 0.2) is 18.2 Å². The standard InChI is InChI=1S/C13H16FNO4/c1-8(2)15(6-5-12(17)18)13(19)10-4-3-9(14)7-11(10)16/h3-4,7-8,16H,5-6H2,1-2H3,(H,17,18). The van der Waals surface area contributed by atoms with Gasteiger partial charge in [-0.15, -0.1) is 0 Å². The molecule has 2 N–H and O–H groups in total. The summed E-state index contributed by atoms with van der Waals surface area (Å²) in [5, 5.41) is 18.2. The molecule has 1 amide bonds. The highest BCUT2D eigenvalue weighted by molar-refractivity contribution is 5.97. The number of aliphatic carboxylic acids is 1. The molecule has 0 unspecified atom stereocenters. The summed E-state index contributed by atoms with van der Waals surface area (Å²) in [7, 11) is 0. The van der Waals surface area contributed by atoms with Crippen molar-refractivity contribution in [1.82, 2.24) is 4.90 Å². The number of benzene rings is 1. The second kappa shape index (κ2) is 6.17. The van der Waals surface area contributed by atoms with Crippen molar-refractivity contribution in [2.45, 2.75) is 26.3 Å². The minimum Gasteiger partial charge on any atom is -0.507 e. The first kappa shape index (κ1) is 14.9. The van der Waals surface area contributed by atoms with E-state index in [0.29, 0.717) is 0 Å². The van der Waals surface area contributed by atoms with E-state index in [2.05, 4.69) is 0 Å². The number of rotatable bonds is 5. The summed E-state index contributed by atoms with van der Waals surface area (Å²) in [5.41, 5.74) is -0.0412. The average Bonchev–Trinajstić information content (AvgIpc) is 2.27. The van der Waals surface area contributed by atoms with Crippen molar-refractivity contribution in [2.75, 3.05) is 6.54 Å². The maximum Gasteiger partial charge on any atom is 0.305 e. The molecule has 1 rings (SSSR count). The molecule has 0 spiro atoms. The van der Waals surface area contributed by atoms with Crippen LogP contribution in [-0.4, -0.2) is 39.6 Å². The molecule has 0 aromatic heterocycles. The van der Waals surface area contributed by atoms with Gasteiger partial charge in [-0.1, -0.05) is 0 Å². The van der Waals surface area contributed by atoms with Crippen LogP contribution in [0.3, 0.4) is 0 Å². The summed E-state index contributed by atoms with van der Waals surface area (Å²) >= 11 is 0. The molecule has 0 saturated heterocycles. The topological polar surface area (TPSA) is 77.8 Å². The van der Waals surface area contributed by atoms with Crippen molar-refractivity contribution >= 4 is 11.9 Å². The zero-order valence-electron chi connectivity index (χ0n) is 10.8. The number of carbonyl (C=O) groups excluding carboxylic acids is 1. The van der Waals surface area contributed by atoms with Crippen LogP contribution in [0.25, 0.3) is 0 Å². The van der Waals surface area contributed by atoms with Crippen LogP contribution < -0.4 is 0 Å². The molecule has 6 heteroatoms. The highest BCUT2D eigenvalue weighted by Crippen LogP contribution is 2.21. The fourth-order valence-corrected chi connectivity index (χ4v) is 1.65. The van der Waals surface area contributed by atoms with Gasteiger partial charge in [0, 0.05) is 18.7 Å². The number of carboxylic acids is 1. The number of carboxylic acid groups (broad SMARTS) is 1. The Morgan fingerprint density at radius 1 is 1.37 bits per heavy atom. The van der Waals surface area contributed by atoms with Crippen LogP contribution >= 0.6 is 0 Å². The number of hydrogen-bond acceptors (Lipinski definition) is 3. The molecule has 1 aromatic rings. The van der Waals surface area contributed by atoms with Crippen molar-refractivity contribution < 1.29 is 24.2 Å². The first-order valence-corrected chi connectivity index (χ1v) is 5.84. The Hall–Kier alpha value is -2.11. The van der Waals surface area contributed by atoms with Gasteiger partial charge in [-0.05, 0) is 26.0 Å². The Labute approximate surface area is 110 Å². The van der Waals surface area contributed by atoms with E-state index in [1.165, 1.54) is 11.0 Å². The van der Waals surface area contributed by atoms with Gasteiger partial charge in [-0.25, -0.2) is 4.39 Å². The maximum atomic E-state index is 12.9. The molecule has 104 valence electrons. The number of phenols is 1. The number of carbonyl (C=O) groups is 2. The van der Waals surface area contributed by atoms with E-state index in [9.17, 15) is 19.1 Å². The molecule has 0 heterocycles. The number of amides is 1. The second-order valence-electron chi connectivity index (χ2n) is 4.40. The first-order chi connectivity index (χ1) is 8.82. The van der Waals surface area contributed by atoms with Gasteiger partial charge in [0.1, 0.15) is 11.6 Å². The largest absolute Gasteiger partial charge is 0.507 e. The number of halogens is 1. The fraction of sp³-hybridized carbons (Fsp3) is 0.385. The number of phenolic OH excluding ortho intramolecular Hbond substituents is 1. The quantitative estimate of drug-likeness (QED) is 0.855. The normalized spacial score (nSPS) is 10.5. The summed E-state index contributed by atoms with van der Waals surface area (Å²) in [4.78, 5) is 24.1. The Bertz CT molecular complexity index is 488. The third-order valence-electron chi connectivity index (χ3n) is 2.64. The first-order valence-electron chi connectivity index (χ1n) is 5.84. The van der Waals surface area contributed by atoms with Crippen molar-refractivity contribution in [1.29, 1.82) is 0 Å². The van der Waals surface area contributed by atoms with Gasteiger partial charge in [0.25, 0.3) is 5.91 Å². The van der Waals surface area contributed by atoms with Crippen LogP contribution in [0.4, 0.5) is 4.39 Å². The van der Waals surface area contributed by atoms with Crippen molar-refractivity contribution in [3.05, 3.63) is 29.6 Å². The smallest absolute Gasteiger partial charge is 0.305 e. The molecule has 19 heavy (non-hydrogen) atoms. The van der Waals surface area contributed by atoms with Crippen LogP contribution in [0.1, 0.15) is 30.6 Å². The maximum absolute atomic E-state index is 12.9. The van der Waals surface area contributed by atoms with Crippen LogP contribution in [-0.2, 0) is 4.79 Å². The zero-order chi connectivity index (χ0) is 14.6. The summed E-state index contributed by atoms with van der Waals surface area (Å²) < 4.78 is 12.9. The molecule has 0 atom stereocenters. The van der Waals surface area contributed by atoms with Gasteiger partial charge in [-0.3, -0.25) is 9.59 Å². The van der Waals surface area contributed by atoms with Gasteiger partial charge >= 0.3 is 5.97 Å². The van der Waals surface area contributed by atoms with Gasteiger partial charge < -0.3 is 15.1 Å². The van der Waals surface area contributed by atoms with E-state index in [1.54, 1.807) is 13.8 Å². The number of hydrogen-bond donors (Lipinski definition) is 2. The summed E-state index contributed by atoms with van der Waals surface area (Å²) in [6.07, 6.45) is -0.189. The Morgan fingerprint density at radius 2 is 2.00 bits per heavy atom. The molecule has 0 aliphatic carbocycles. The van der Waals surface area contributed by atoms with Gasteiger partial charge in [-0.2, -0.15) is 0 Å². The second-order valence-corrected chi connectivity index (χ2v) is 4.40. The lowest BCUT2D eigenvalue weighted by molar-refractivity contribution is -0.137. The van der Waals surface area contributed by atoms with E-state index in [-0.39, 0.29) is 24.6 Å². The van der Waals surface area contributed by atoms with Crippen LogP contribution in [0.5, 0.6) is 5.75 Å². The highest BCUT2D eigenvalue weighted by Gasteiger charge is 2.22. The molecule has 0 fully saturated rings. The Morgan fingerprint density at radius 3 is 2.47 bits per heavy atom. The van der Waals surface area contributed by atoms with E-state index in [4.69, 9.17) is 5.11 Å². The molecular formula is C13H16FNO4. The van der Waals surface area contributed by atoms with Gasteiger partial charge in [0.2, 0.25) is 0 Å². The summed E-state index contributed by atoms with van der Waals surface area (Å²) in [6.45, 7) is 3.50. The van der Waals surface area contributed by atoms with Gasteiger partial charge in [0.15, 0.2) is 0 Å². The fourth-order valence-electron chi connectivity index (χ4n) is 1.65. The molecule has 0 aliphatic rings. The lowest BCUT2D eigenvalue weighted by Crippen LogP contribution is -2.38. The molecule has 0 aliphatic heterocycles. The third-order valence-corrected chi connectivity index (χ3v) is 2.64. The average molecular weight is 269 g/mol. The molecular weight excluding hydrogens is 253 g/mol. The Kier molecular flexibility index (Phi) is 4.86. The molecule has 0 radical (unpaired) electrons. The van der Waals surface area contributed by atoms with Gasteiger partial charge in [0.05, 0.1) is 12.0 Å². The van der Waals surface area contributed by atoms with E-state index < -0.39 is 23.4 Å². The monoisotopic (exact) mass is 269 g/mol. The van der Waals surface area contributed by atoms with E-state index in [0.717, 1.165) is 12.1 Å². The van der Waals surface area contributed by atoms with Crippen LogP contribution in [0.2, 0.25) is 0 Å². The minimum atomic E-state index is -1.01. The molecule has 1 aromatic carbocycles. The van der Waals surface area contributed by atoms with E-state index >= 15 is 0 Å². The predicted octanol–water partition coefficient (Wildman–Crippen LogP) is 1.86. The predicted molar refractivity (Wildman–Crippen MR) is 66.5 cm³/mol. The van der Waals surface area contributed by atoms with Crippen molar-refractivity contribution in [2.24, 2.45) is 0 Å². The lowest BCUT2D eigenvalue weighted by Gasteiger charge is -2.26. The molecule has 0 saturated carbocycles. The Balaban J connectivity index is 2.95. The molecule has 5 nitrogen and oxygen atoms in total. The lowest BCUT2D eigenvalue weighted by atomic mass is 10.1.